The van der Waals surface area contributed by atoms with Gasteiger partial charge in [-0.1, -0.05) is 37.5 Å². The standard InChI is InChI=1S/C16H26N2/c1-14-13-15-9-5-6-10-16(15)18(14)12-8-4-2-3-7-11-17/h5-6,9-10,14H,2-4,7-8,11-13,17H2,1H3. The molecule has 1 unspecified atom stereocenters. The third-order valence-electron chi connectivity index (χ3n) is 3.95. The average molecular weight is 246 g/mol. The van der Waals surface area contributed by atoms with Crippen LogP contribution in [0.5, 0.6) is 0 Å². The molecule has 0 aliphatic carbocycles. The molecule has 2 nitrogen and oxygen atoms in total. The summed E-state index contributed by atoms with van der Waals surface area (Å²) >= 11 is 0. The van der Waals surface area contributed by atoms with Crippen LogP contribution in [0, 0.1) is 0 Å². The van der Waals surface area contributed by atoms with Crippen molar-refractivity contribution >= 4 is 5.69 Å². The molecule has 1 atom stereocenters. The minimum atomic E-state index is 0.673. The summed E-state index contributed by atoms with van der Waals surface area (Å²) in [6.45, 7) is 4.39. The fourth-order valence-electron chi connectivity index (χ4n) is 2.93. The molecule has 0 saturated heterocycles. The maximum atomic E-state index is 5.51. The number of nitrogens with zero attached hydrogens (tertiary/aromatic N) is 1. The molecule has 0 spiro atoms. The van der Waals surface area contributed by atoms with Gasteiger partial charge in [0.15, 0.2) is 0 Å². The van der Waals surface area contributed by atoms with Crippen molar-refractivity contribution in [3.05, 3.63) is 29.8 Å². The molecule has 2 heteroatoms. The average Bonchev–Trinajstić information content (AvgIpc) is 2.70. The lowest BCUT2D eigenvalue weighted by Gasteiger charge is -2.24. The molecule has 18 heavy (non-hydrogen) atoms. The van der Waals surface area contributed by atoms with Crippen LogP contribution in [0.4, 0.5) is 5.69 Å². The lowest BCUT2D eigenvalue weighted by atomic mass is 10.1. The van der Waals surface area contributed by atoms with Crippen molar-refractivity contribution in [1.29, 1.82) is 0 Å². The molecule has 1 aliphatic rings. The summed E-state index contributed by atoms with van der Waals surface area (Å²) in [5.74, 6) is 0. The summed E-state index contributed by atoms with van der Waals surface area (Å²) in [6, 6.07) is 9.53. The zero-order valence-corrected chi connectivity index (χ0v) is 11.6. The Balaban J connectivity index is 1.76. The molecule has 2 rings (SSSR count). The van der Waals surface area contributed by atoms with E-state index in [1.807, 2.05) is 0 Å². The highest BCUT2D eigenvalue weighted by Crippen LogP contribution is 2.31. The number of nitrogens with two attached hydrogens (primary N) is 1. The number of benzene rings is 1. The van der Waals surface area contributed by atoms with Crippen molar-refractivity contribution in [3.63, 3.8) is 0 Å². The summed E-state index contributed by atoms with van der Waals surface area (Å²) < 4.78 is 0. The fourth-order valence-corrected chi connectivity index (χ4v) is 2.93. The van der Waals surface area contributed by atoms with Gasteiger partial charge in [0.25, 0.3) is 0 Å². The smallest absolute Gasteiger partial charge is 0.0402 e. The van der Waals surface area contributed by atoms with Gasteiger partial charge in [-0.05, 0) is 44.4 Å². The van der Waals surface area contributed by atoms with Crippen molar-refractivity contribution in [2.45, 2.75) is 51.5 Å². The second kappa shape index (κ2) is 6.79. The zero-order chi connectivity index (χ0) is 12.8. The first-order valence-corrected chi connectivity index (χ1v) is 7.37. The van der Waals surface area contributed by atoms with E-state index >= 15 is 0 Å². The van der Waals surface area contributed by atoms with Gasteiger partial charge in [0, 0.05) is 18.3 Å². The van der Waals surface area contributed by atoms with Gasteiger partial charge in [0.2, 0.25) is 0 Å². The van der Waals surface area contributed by atoms with Crippen molar-refractivity contribution in [2.24, 2.45) is 5.73 Å². The highest BCUT2D eigenvalue weighted by Gasteiger charge is 2.24. The molecule has 0 aromatic heterocycles. The molecular weight excluding hydrogens is 220 g/mol. The number of rotatable bonds is 7. The number of unbranched alkanes of at least 4 members (excludes halogenated alkanes) is 4. The van der Waals surface area contributed by atoms with Crippen LogP contribution in [0.15, 0.2) is 24.3 Å². The number of anilines is 1. The van der Waals surface area contributed by atoms with Crippen LogP contribution in [0.25, 0.3) is 0 Å². The summed E-state index contributed by atoms with van der Waals surface area (Å²) in [4.78, 5) is 2.58. The SMILES string of the molecule is CC1Cc2ccccc2N1CCCCCCCN. The van der Waals surface area contributed by atoms with Crippen molar-refractivity contribution in [1.82, 2.24) is 0 Å². The lowest BCUT2D eigenvalue weighted by Crippen LogP contribution is -2.30. The maximum Gasteiger partial charge on any atom is 0.0402 e. The molecular formula is C16H26N2. The minimum Gasteiger partial charge on any atom is -0.368 e. The molecule has 0 radical (unpaired) electrons. The van der Waals surface area contributed by atoms with Gasteiger partial charge < -0.3 is 10.6 Å². The van der Waals surface area contributed by atoms with E-state index in [9.17, 15) is 0 Å². The van der Waals surface area contributed by atoms with E-state index in [4.69, 9.17) is 5.73 Å². The van der Waals surface area contributed by atoms with E-state index in [-0.39, 0.29) is 0 Å². The van der Waals surface area contributed by atoms with Crippen LogP contribution in [-0.2, 0) is 6.42 Å². The molecule has 0 saturated carbocycles. The van der Waals surface area contributed by atoms with E-state index in [0.29, 0.717) is 6.04 Å². The number of fused-ring (bicyclic) bond motifs is 1. The van der Waals surface area contributed by atoms with Gasteiger partial charge in [-0.15, -0.1) is 0 Å². The second-order valence-corrected chi connectivity index (χ2v) is 5.43. The zero-order valence-electron chi connectivity index (χ0n) is 11.6. The lowest BCUT2D eigenvalue weighted by molar-refractivity contribution is 0.586. The van der Waals surface area contributed by atoms with Gasteiger partial charge in [-0.25, -0.2) is 0 Å². The molecule has 0 fully saturated rings. The monoisotopic (exact) mass is 246 g/mol. The van der Waals surface area contributed by atoms with Gasteiger partial charge in [-0.2, -0.15) is 0 Å². The van der Waals surface area contributed by atoms with E-state index < -0.39 is 0 Å². The first kappa shape index (κ1) is 13.4. The Morgan fingerprint density at radius 3 is 2.67 bits per heavy atom. The van der Waals surface area contributed by atoms with Gasteiger partial charge >= 0.3 is 0 Å². The Morgan fingerprint density at radius 1 is 1.11 bits per heavy atom. The van der Waals surface area contributed by atoms with E-state index in [1.165, 1.54) is 56.3 Å². The molecule has 0 amide bonds. The number of hydrogen-bond donors (Lipinski definition) is 1. The van der Waals surface area contributed by atoms with Crippen molar-refractivity contribution in [3.8, 4) is 0 Å². The highest BCUT2D eigenvalue weighted by atomic mass is 15.2. The van der Waals surface area contributed by atoms with Gasteiger partial charge in [-0.3, -0.25) is 0 Å². The van der Waals surface area contributed by atoms with E-state index in [1.54, 1.807) is 0 Å². The Hall–Kier alpha value is -1.02. The van der Waals surface area contributed by atoms with E-state index in [0.717, 1.165) is 6.54 Å². The van der Waals surface area contributed by atoms with E-state index in [2.05, 4.69) is 36.1 Å². The topological polar surface area (TPSA) is 29.3 Å². The first-order chi connectivity index (χ1) is 8.83. The highest BCUT2D eigenvalue weighted by molar-refractivity contribution is 5.59. The normalized spacial score (nSPS) is 18.1. The third-order valence-corrected chi connectivity index (χ3v) is 3.95. The van der Waals surface area contributed by atoms with Crippen LogP contribution in [0.3, 0.4) is 0 Å². The third kappa shape index (κ3) is 3.26. The predicted octanol–water partition coefficient (Wildman–Crippen LogP) is 3.35. The largest absolute Gasteiger partial charge is 0.368 e. The molecule has 1 aromatic rings. The van der Waals surface area contributed by atoms with Crippen molar-refractivity contribution < 1.29 is 0 Å². The second-order valence-electron chi connectivity index (χ2n) is 5.43. The molecule has 2 N–H and O–H groups in total. The quantitative estimate of drug-likeness (QED) is 0.748. The maximum absolute atomic E-state index is 5.51. The van der Waals surface area contributed by atoms with Crippen molar-refractivity contribution in [2.75, 3.05) is 18.0 Å². The van der Waals surface area contributed by atoms with Crippen LogP contribution in [0.2, 0.25) is 0 Å². The molecule has 1 aliphatic heterocycles. The van der Waals surface area contributed by atoms with Crippen LogP contribution in [0.1, 0.15) is 44.6 Å². The van der Waals surface area contributed by atoms with Crippen LogP contribution in [-0.4, -0.2) is 19.1 Å². The molecule has 0 bridgehead atoms. The molecule has 1 aromatic carbocycles. The van der Waals surface area contributed by atoms with Crippen LogP contribution >= 0.6 is 0 Å². The summed E-state index contributed by atoms with van der Waals surface area (Å²) in [7, 11) is 0. The first-order valence-electron chi connectivity index (χ1n) is 7.37. The number of para-hydroxylation sites is 1. The summed E-state index contributed by atoms with van der Waals surface area (Å²) in [5, 5.41) is 0. The fraction of sp³-hybridized carbons (Fsp3) is 0.625. The summed E-state index contributed by atoms with van der Waals surface area (Å²) in [6.07, 6.45) is 7.67. The Kier molecular flexibility index (Phi) is 5.06. The molecule has 1 heterocycles. The Bertz CT molecular complexity index is 362. The predicted molar refractivity (Wildman–Crippen MR) is 79.1 cm³/mol. The summed E-state index contributed by atoms with van der Waals surface area (Å²) in [5.41, 5.74) is 8.49. The Labute approximate surface area is 111 Å². The molecule has 100 valence electrons. The van der Waals surface area contributed by atoms with Crippen LogP contribution < -0.4 is 10.6 Å². The van der Waals surface area contributed by atoms with Gasteiger partial charge in [0.05, 0.1) is 0 Å². The van der Waals surface area contributed by atoms with Gasteiger partial charge in [0.1, 0.15) is 0 Å². The Morgan fingerprint density at radius 2 is 1.83 bits per heavy atom. The minimum absolute atomic E-state index is 0.673. The number of hydrogen-bond acceptors (Lipinski definition) is 2.